The number of hydrogen-bond donors (Lipinski definition) is 0. The number of halogens is 2. The van der Waals surface area contributed by atoms with Crippen molar-refractivity contribution in [2.24, 2.45) is 0 Å². The van der Waals surface area contributed by atoms with Crippen molar-refractivity contribution in [2.45, 2.75) is 6.61 Å². The third kappa shape index (κ3) is 4.87. The van der Waals surface area contributed by atoms with Crippen LogP contribution in [0.15, 0.2) is 109 Å². The zero-order valence-corrected chi connectivity index (χ0v) is 17.8. The zero-order valence-electron chi connectivity index (χ0n) is 16.3. The van der Waals surface area contributed by atoms with Crippen LogP contribution >= 0.6 is 15.9 Å². The van der Waals surface area contributed by atoms with Crippen molar-refractivity contribution in [3.63, 3.8) is 0 Å². The van der Waals surface area contributed by atoms with E-state index >= 15 is 0 Å². The molecule has 0 aliphatic heterocycles. The van der Waals surface area contributed by atoms with Crippen LogP contribution < -0.4 is 4.74 Å². The molecule has 0 fully saturated rings. The Balaban J connectivity index is 1.67. The molecule has 0 aliphatic carbocycles. The van der Waals surface area contributed by atoms with Gasteiger partial charge in [-0.2, -0.15) is 0 Å². The van der Waals surface area contributed by atoms with Gasteiger partial charge in [0.05, 0.1) is 0 Å². The molecule has 4 aromatic rings. The summed E-state index contributed by atoms with van der Waals surface area (Å²) in [4.78, 5) is 0. The Hall–Kier alpha value is -3.17. The lowest BCUT2D eigenvalue weighted by Gasteiger charge is -2.14. The summed E-state index contributed by atoms with van der Waals surface area (Å²) >= 11 is 3.72. The SMILES string of the molecule is Fc1cccc(/C(Br)=C(/c2ccccc2)c2ccc(OCc3ccccc3)cc2)c1. The maximum Gasteiger partial charge on any atom is 0.123 e. The molecule has 0 aromatic heterocycles. The highest BCUT2D eigenvalue weighted by atomic mass is 79.9. The van der Waals surface area contributed by atoms with Crippen LogP contribution in [0, 0.1) is 5.82 Å². The summed E-state index contributed by atoms with van der Waals surface area (Å²) < 4.78 is 20.6. The van der Waals surface area contributed by atoms with E-state index in [9.17, 15) is 4.39 Å². The van der Waals surface area contributed by atoms with Crippen LogP contribution in [0.4, 0.5) is 4.39 Å². The van der Waals surface area contributed by atoms with E-state index in [0.29, 0.717) is 6.61 Å². The minimum Gasteiger partial charge on any atom is -0.489 e. The van der Waals surface area contributed by atoms with Crippen LogP contribution in [0.3, 0.4) is 0 Å². The van der Waals surface area contributed by atoms with Gasteiger partial charge >= 0.3 is 0 Å². The third-order valence-corrected chi connectivity index (χ3v) is 5.61. The van der Waals surface area contributed by atoms with E-state index in [2.05, 4.69) is 28.1 Å². The first-order valence-corrected chi connectivity index (χ1v) is 10.5. The van der Waals surface area contributed by atoms with Crippen LogP contribution in [0.25, 0.3) is 10.1 Å². The van der Waals surface area contributed by atoms with Gasteiger partial charge in [0.15, 0.2) is 0 Å². The molecule has 0 bridgehead atoms. The third-order valence-electron chi connectivity index (χ3n) is 4.75. The fourth-order valence-electron chi connectivity index (χ4n) is 3.25. The number of ether oxygens (including phenoxy) is 1. The first kappa shape index (κ1) is 20.1. The summed E-state index contributed by atoms with van der Waals surface area (Å²) in [5, 5.41) is 0. The van der Waals surface area contributed by atoms with E-state index in [-0.39, 0.29) is 5.82 Å². The molecular weight excluding hydrogens is 439 g/mol. The molecule has 30 heavy (non-hydrogen) atoms. The Labute approximate surface area is 184 Å². The second-order valence-electron chi connectivity index (χ2n) is 6.86. The molecule has 0 saturated heterocycles. The molecule has 3 heteroatoms. The second kappa shape index (κ2) is 9.55. The predicted octanol–water partition coefficient (Wildman–Crippen LogP) is 7.72. The molecular formula is C27H20BrFO. The first-order valence-electron chi connectivity index (χ1n) is 9.69. The summed E-state index contributed by atoms with van der Waals surface area (Å²) in [6, 6.07) is 34.8. The van der Waals surface area contributed by atoms with E-state index in [0.717, 1.165) is 38.1 Å². The minimum absolute atomic E-state index is 0.262. The smallest absolute Gasteiger partial charge is 0.123 e. The van der Waals surface area contributed by atoms with Gasteiger partial charge in [0.1, 0.15) is 18.2 Å². The molecule has 0 saturated carbocycles. The highest BCUT2D eigenvalue weighted by Crippen LogP contribution is 2.36. The van der Waals surface area contributed by atoms with Gasteiger partial charge in [-0.1, -0.05) is 84.9 Å². The van der Waals surface area contributed by atoms with Gasteiger partial charge in [-0.05, 0) is 62.4 Å². The normalized spacial score (nSPS) is 11.7. The van der Waals surface area contributed by atoms with E-state index < -0.39 is 0 Å². The van der Waals surface area contributed by atoms with E-state index in [1.807, 2.05) is 78.9 Å². The second-order valence-corrected chi connectivity index (χ2v) is 7.66. The van der Waals surface area contributed by atoms with Gasteiger partial charge in [-0.15, -0.1) is 0 Å². The number of benzene rings is 4. The standard InChI is InChI=1S/C27H20BrFO/c28-27(23-12-7-13-24(29)18-23)26(21-10-5-2-6-11-21)22-14-16-25(17-15-22)30-19-20-8-3-1-4-9-20/h1-18H,19H2/b27-26+. The molecule has 1 nitrogen and oxygen atoms in total. The van der Waals surface area contributed by atoms with Crippen molar-refractivity contribution < 1.29 is 9.13 Å². The summed E-state index contributed by atoms with van der Waals surface area (Å²) in [5.41, 5.74) is 4.98. The van der Waals surface area contributed by atoms with Crippen molar-refractivity contribution in [1.29, 1.82) is 0 Å². The zero-order chi connectivity index (χ0) is 20.8. The Bertz CT molecular complexity index is 1140. The van der Waals surface area contributed by atoms with Crippen LogP contribution in [0.5, 0.6) is 5.75 Å². The Kier molecular flexibility index (Phi) is 6.41. The highest BCUT2D eigenvalue weighted by molar-refractivity contribution is 9.15. The number of hydrogen-bond acceptors (Lipinski definition) is 1. The maximum atomic E-state index is 13.8. The fourth-order valence-corrected chi connectivity index (χ4v) is 3.96. The molecule has 0 heterocycles. The van der Waals surface area contributed by atoms with Gasteiger partial charge in [-0.25, -0.2) is 4.39 Å². The molecule has 0 atom stereocenters. The molecule has 4 aromatic carbocycles. The average molecular weight is 459 g/mol. The summed E-state index contributed by atoms with van der Waals surface area (Å²) in [6.07, 6.45) is 0. The lowest BCUT2D eigenvalue weighted by Crippen LogP contribution is -1.96. The molecule has 0 N–H and O–H groups in total. The Morgan fingerprint density at radius 3 is 1.93 bits per heavy atom. The molecule has 148 valence electrons. The van der Waals surface area contributed by atoms with Gasteiger partial charge in [0.2, 0.25) is 0 Å². The van der Waals surface area contributed by atoms with E-state index in [1.165, 1.54) is 12.1 Å². The average Bonchev–Trinajstić information content (AvgIpc) is 2.80. The topological polar surface area (TPSA) is 9.23 Å². The van der Waals surface area contributed by atoms with Gasteiger partial charge in [0.25, 0.3) is 0 Å². The summed E-state index contributed by atoms with van der Waals surface area (Å²) in [5.74, 6) is 0.540. The van der Waals surface area contributed by atoms with Crippen LogP contribution in [0.2, 0.25) is 0 Å². The van der Waals surface area contributed by atoms with Crippen molar-refractivity contribution in [2.75, 3.05) is 0 Å². The van der Waals surface area contributed by atoms with Gasteiger partial charge < -0.3 is 4.74 Å². The lowest BCUT2D eigenvalue weighted by molar-refractivity contribution is 0.306. The Morgan fingerprint density at radius 1 is 0.667 bits per heavy atom. The lowest BCUT2D eigenvalue weighted by atomic mass is 9.95. The van der Waals surface area contributed by atoms with E-state index in [4.69, 9.17) is 4.74 Å². The molecule has 4 rings (SSSR count). The van der Waals surface area contributed by atoms with Crippen molar-refractivity contribution in [3.8, 4) is 5.75 Å². The minimum atomic E-state index is -0.262. The highest BCUT2D eigenvalue weighted by Gasteiger charge is 2.13. The molecule has 0 amide bonds. The van der Waals surface area contributed by atoms with Gasteiger partial charge in [-0.3, -0.25) is 0 Å². The quantitative estimate of drug-likeness (QED) is 0.268. The van der Waals surface area contributed by atoms with Gasteiger partial charge in [0, 0.05) is 10.1 Å². The van der Waals surface area contributed by atoms with Crippen molar-refractivity contribution in [3.05, 3.63) is 137 Å². The monoisotopic (exact) mass is 458 g/mol. The van der Waals surface area contributed by atoms with Crippen molar-refractivity contribution in [1.82, 2.24) is 0 Å². The van der Waals surface area contributed by atoms with Crippen LogP contribution in [0.1, 0.15) is 22.3 Å². The predicted molar refractivity (Wildman–Crippen MR) is 125 cm³/mol. The number of rotatable bonds is 6. The molecule has 0 radical (unpaired) electrons. The van der Waals surface area contributed by atoms with Crippen LogP contribution in [-0.4, -0.2) is 0 Å². The fraction of sp³-hybridized carbons (Fsp3) is 0.0370. The summed E-state index contributed by atoms with van der Waals surface area (Å²) in [7, 11) is 0. The van der Waals surface area contributed by atoms with E-state index in [1.54, 1.807) is 6.07 Å². The molecule has 0 aliphatic rings. The summed E-state index contributed by atoms with van der Waals surface area (Å²) in [6.45, 7) is 0.522. The van der Waals surface area contributed by atoms with Crippen molar-refractivity contribution >= 4 is 26.0 Å². The largest absolute Gasteiger partial charge is 0.489 e. The molecule has 0 unspecified atom stereocenters. The van der Waals surface area contributed by atoms with Crippen LogP contribution in [-0.2, 0) is 6.61 Å². The Morgan fingerprint density at radius 2 is 1.27 bits per heavy atom. The first-order chi connectivity index (χ1) is 14.7. The molecule has 0 spiro atoms. The maximum absolute atomic E-state index is 13.8.